The van der Waals surface area contributed by atoms with Crippen molar-refractivity contribution in [2.24, 2.45) is 0 Å². The van der Waals surface area contributed by atoms with Gasteiger partial charge in [-0.3, -0.25) is 0 Å². The lowest BCUT2D eigenvalue weighted by Gasteiger charge is -2.36. The lowest BCUT2D eigenvalue weighted by molar-refractivity contribution is -0.273. The zero-order valence-corrected chi connectivity index (χ0v) is 19.3. The van der Waals surface area contributed by atoms with Crippen molar-refractivity contribution in [3.05, 3.63) is 48.0 Å². The molecule has 1 aromatic rings. The summed E-state index contributed by atoms with van der Waals surface area (Å²) < 4.78 is 16.3. The summed E-state index contributed by atoms with van der Waals surface area (Å²) in [6.45, 7) is 11.9. The van der Waals surface area contributed by atoms with Crippen molar-refractivity contribution in [3.63, 3.8) is 0 Å². The number of carbonyl (C=O) groups excluding carboxylic acids is 1. The molecule has 0 unspecified atom stereocenters. The van der Waals surface area contributed by atoms with Crippen LogP contribution in [0.1, 0.15) is 66.4 Å². The molecule has 1 heterocycles. The van der Waals surface area contributed by atoms with Crippen LogP contribution in [0.2, 0.25) is 0 Å². The summed E-state index contributed by atoms with van der Waals surface area (Å²) in [5.41, 5.74) is 0.946. The summed E-state index contributed by atoms with van der Waals surface area (Å²) in [7, 11) is 0. The molecule has 0 saturated carbocycles. The third-order valence-electron chi connectivity index (χ3n) is 4.27. The van der Waals surface area contributed by atoms with Crippen LogP contribution in [0.25, 0.3) is 0 Å². The standard InChI is InChI=1S/C20H28O6.2C2H6/c1-14(25-20-18(22)12-17(21)15(2)26-20)8-6-7-11-19(23)24-13-16-9-4-3-5-10-16;2*1-2/h3-5,7,9-11,14-15,17-18,20-22H,6,8,12-13H2,1-2H3;2*1-2H3/b11-7+;;/t14-,15+,17-,18-,20-;;/m1../s1. The molecule has 1 aliphatic heterocycles. The first-order valence-electron chi connectivity index (χ1n) is 11.0. The first-order chi connectivity index (χ1) is 14.5. The van der Waals surface area contributed by atoms with Crippen molar-refractivity contribution in [3.8, 4) is 0 Å². The number of rotatable bonds is 8. The molecule has 0 aromatic heterocycles. The number of hydrogen-bond donors (Lipinski definition) is 2. The molecule has 2 rings (SSSR count). The van der Waals surface area contributed by atoms with Crippen molar-refractivity contribution in [1.29, 1.82) is 0 Å². The molecule has 30 heavy (non-hydrogen) atoms. The largest absolute Gasteiger partial charge is 0.458 e. The van der Waals surface area contributed by atoms with E-state index in [9.17, 15) is 15.0 Å². The predicted molar refractivity (Wildman–Crippen MR) is 119 cm³/mol. The number of aliphatic hydroxyl groups excluding tert-OH is 2. The summed E-state index contributed by atoms with van der Waals surface area (Å²) in [5.74, 6) is -0.378. The molecule has 1 aliphatic rings. The van der Waals surface area contributed by atoms with Crippen LogP contribution in [0, 0.1) is 0 Å². The Morgan fingerprint density at radius 3 is 2.43 bits per heavy atom. The summed E-state index contributed by atoms with van der Waals surface area (Å²) in [6.07, 6.45) is 1.95. The molecule has 1 fully saturated rings. The van der Waals surface area contributed by atoms with E-state index in [0.29, 0.717) is 12.8 Å². The van der Waals surface area contributed by atoms with Gasteiger partial charge in [0, 0.05) is 12.5 Å². The quantitative estimate of drug-likeness (QED) is 0.476. The van der Waals surface area contributed by atoms with Gasteiger partial charge in [0.2, 0.25) is 0 Å². The SMILES string of the molecule is CC.CC.C[C@H](CC/C=C/C(=O)OCc1ccccc1)O[C@@H]1O[C@@H](C)[C@H](O)C[C@H]1O. The Balaban J connectivity index is 0.00000198. The summed E-state index contributed by atoms with van der Waals surface area (Å²) >= 11 is 0. The fourth-order valence-electron chi connectivity index (χ4n) is 2.65. The van der Waals surface area contributed by atoms with Crippen LogP contribution in [0.4, 0.5) is 0 Å². The van der Waals surface area contributed by atoms with E-state index in [2.05, 4.69) is 0 Å². The lowest BCUT2D eigenvalue weighted by Crippen LogP contribution is -2.48. The first kappa shape index (κ1) is 28.3. The molecule has 0 bridgehead atoms. The van der Waals surface area contributed by atoms with Crippen molar-refractivity contribution >= 4 is 5.97 Å². The first-order valence-corrected chi connectivity index (χ1v) is 11.0. The fraction of sp³-hybridized carbons (Fsp3) is 0.625. The minimum Gasteiger partial charge on any atom is -0.458 e. The van der Waals surface area contributed by atoms with Crippen molar-refractivity contribution in [1.82, 2.24) is 0 Å². The van der Waals surface area contributed by atoms with Crippen LogP contribution < -0.4 is 0 Å². The van der Waals surface area contributed by atoms with Gasteiger partial charge in [-0.2, -0.15) is 0 Å². The van der Waals surface area contributed by atoms with E-state index in [0.717, 1.165) is 5.56 Å². The molecule has 2 N–H and O–H groups in total. The highest BCUT2D eigenvalue weighted by Gasteiger charge is 2.35. The molecule has 172 valence electrons. The van der Waals surface area contributed by atoms with E-state index < -0.39 is 18.5 Å². The monoisotopic (exact) mass is 424 g/mol. The van der Waals surface area contributed by atoms with E-state index in [1.165, 1.54) is 6.08 Å². The van der Waals surface area contributed by atoms with Gasteiger partial charge >= 0.3 is 5.97 Å². The summed E-state index contributed by atoms with van der Waals surface area (Å²) in [6, 6.07) is 9.51. The highest BCUT2D eigenvalue weighted by Crippen LogP contribution is 2.22. The number of aliphatic hydroxyl groups is 2. The number of allylic oxidation sites excluding steroid dienone is 1. The van der Waals surface area contributed by atoms with Gasteiger partial charge in [-0.25, -0.2) is 4.79 Å². The molecular formula is C24H40O6. The van der Waals surface area contributed by atoms with Gasteiger partial charge in [-0.1, -0.05) is 64.1 Å². The van der Waals surface area contributed by atoms with Gasteiger partial charge in [-0.15, -0.1) is 0 Å². The van der Waals surface area contributed by atoms with Gasteiger partial charge in [0.25, 0.3) is 0 Å². The van der Waals surface area contributed by atoms with Gasteiger partial charge in [0.05, 0.1) is 18.3 Å². The topological polar surface area (TPSA) is 85.2 Å². The number of carbonyl (C=O) groups is 1. The minimum absolute atomic E-state index is 0.151. The number of benzene rings is 1. The average Bonchev–Trinajstić information content (AvgIpc) is 2.77. The maximum Gasteiger partial charge on any atom is 0.330 e. The molecule has 6 heteroatoms. The molecule has 0 amide bonds. The molecular weight excluding hydrogens is 384 g/mol. The van der Waals surface area contributed by atoms with Gasteiger partial charge in [0.1, 0.15) is 12.7 Å². The number of hydrogen-bond acceptors (Lipinski definition) is 6. The van der Waals surface area contributed by atoms with Crippen LogP contribution in [0.5, 0.6) is 0 Å². The molecule has 6 nitrogen and oxygen atoms in total. The Morgan fingerprint density at radius 1 is 1.17 bits per heavy atom. The van der Waals surface area contributed by atoms with Crippen molar-refractivity contribution < 1.29 is 29.2 Å². The second-order valence-electron chi connectivity index (χ2n) is 6.60. The molecule has 0 aliphatic carbocycles. The second kappa shape index (κ2) is 17.0. The third kappa shape index (κ3) is 11.5. The van der Waals surface area contributed by atoms with E-state index in [-0.39, 0.29) is 31.2 Å². The van der Waals surface area contributed by atoms with Gasteiger partial charge in [0.15, 0.2) is 6.29 Å². The smallest absolute Gasteiger partial charge is 0.330 e. The Hall–Kier alpha value is -1.73. The summed E-state index contributed by atoms with van der Waals surface area (Å²) in [5, 5.41) is 19.6. The highest BCUT2D eigenvalue weighted by molar-refractivity contribution is 5.81. The fourth-order valence-corrected chi connectivity index (χ4v) is 2.65. The van der Waals surface area contributed by atoms with Crippen LogP contribution in [0.3, 0.4) is 0 Å². The van der Waals surface area contributed by atoms with Gasteiger partial charge in [-0.05, 0) is 32.3 Å². The van der Waals surface area contributed by atoms with Crippen LogP contribution in [0.15, 0.2) is 42.5 Å². The minimum atomic E-state index is -0.841. The third-order valence-corrected chi connectivity index (χ3v) is 4.27. The maximum absolute atomic E-state index is 11.7. The van der Waals surface area contributed by atoms with Crippen molar-refractivity contribution in [2.75, 3.05) is 0 Å². The second-order valence-corrected chi connectivity index (χ2v) is 6.60. The van der Waals surface area contributed by atoms with Crippen molar-refractivity contribution in [2.45, 2.75) is 98.1 Å². The molecule has 1 saturated heterocycles. The predicted octanol–water partition coefficient (Wildman–Crippen LogP) is 4.38. The zero-order valence-electron chi connectivity index (χ0n) is 19.3. The summed E-state index contributed by atoms with van der Waals surface area (Å²) in [4.78, 5) is 11.7. The maximum atomic E-state index is 11.7. The normalized spacial score (nSPS) is 24.1. The Kier molecular flexibility index (Phi) is 16.0. The number of ether oxygens (including phenoxy) is 3. The highest BCUT2D eigenvalue weighted by atomic mass is 16.7. The van der Waals surface area contributed by atoms with E-state index in [1.807, 2.05) is 65.0 Å². The van der Waals surface area contributed by atoms with Gasteiger partial charge < -0.3 is 24.4 Å². The number of esters is 1. The molecule has 1 aromatic carbocycles. The molecule has 0 radical (unpaired) electrons. The van der Waals surface area contributed by atoms with Crippen LogP contribution in [-0.2, 0) is 25.6 Å². The molecule has 0 spiro atoms. The lowest BCUT2D eigenvalue weighted by atomic mass is 10.0. The molecule has 5 atom stereocenters. The Labute approximate surface area is 181 Å². The van der Waals surface area contributed by atoms with Crippen LogP contribution in [-0.4, -0.2) is 46.9 Å². The van der Waals surface area contributed by atoms with E-state index in [4.69, 9.17) is 14.2 Å². The van der Waals surface area contributed by atoms with E-state index >= 15 is 0 Å². The average molecular weight is 425 g/mol. The Bertz CT molecular complexity index is 574. The van der Waals surface area contributed by atoms with E-state index in [1.54, 1.807) is 13.0 Å². The van der Waals surface area contributed by atoms with Crippen LogP contribution >= 0.6 is 0 Å². The zero-order chi connectivity index (χ0) is 22.9. The Morgan fingerprint density at radius 2 is 1.80 bits per heavy atom.